The van der Waals surface area contributed by atoms with Crippen molar-refractivity contribution < 1.29 is 0 Å². The number of nitrogens with zero attached hydrogens (tertiary/aromatic N) is 3. The third kappa shape index (κ3) is 1.87. The first kappa shape index (κ1) is 10.5. The monoisotopic (exact) mass is 245 g/mol. The van der Waals surface area contributed by atoms with Crippen molar-refractivity contribution in [2.24, 2.45) is 10.1 Å². The Hall–Kier alpha value is -1.61. The molecule has 2 heterocycles. The maximum Gasteiger partial charge on any atom is 0.147 e. The van der Waals surface area contributed by atoms with E-state index in [2.05, 4.69) is 23.1 Å². The quantitative estimate of drug-likeness (QED) is 0.748. The normalized spacial score (nSPS) is 18.5. The zero-order valence-corrected chi connectivity index (χ0v) is 10.3. The molecule has 0 amide bonds. The largest absolute Gasteiger partial charge is 0.265 e. The molecule has 0 saturated carbocycles. The number of fused-ring (bicyclic) bond motifs is 1. The third-order valence-corrected chi connectivity index (χ3v) is 3.14. The van der Waals surface area contributed by atoms with E-state index in [9.17, 15) is 0 Å². The lowest BCUT2D eigenvalue weighted by atomic mass is 10.1. The number of halogens is 1. The van der Waals surface area contributed by atoms with E-state index >= 15 is 0 Å². The van der Waals surface area contributed by atoms with Crippen molar-refractivity contribution in [3.05, 3.63) is 46.5 Å². The van der Waals surface area contributed by atoms with Gasteiger partial charge in [-0.05, 0) is 30.7 Å². The van der Waals surface area contributed by atoms with Crippen molar-refractivity contribution in [3.63, 3.8) is 0 Å². The standard InChI is InChI=1S/C13H12ClN3/c1-9-8-12(10-2-4-11(14)5-3-10)16-17-7-6-15-13(9)17/h2-5,8H,6-7H2,1H3. The highest BCUT2D eigenvalue weighted by Crippen LogP contribution is 2.19. The molecule has 0 aromatic heterocycles. The van der Waals surface area contributed by atoms with Gasteiger partial charge in [0, 0.05) is 10.6 Å². The molecule has 17 heavy (non-hydrogen) atoms. The zero-order valence-electron chi connectivity index (χ0n) is 9.52. The summed E-state index contributed by atoms with van der Waals surface area (Å²) in [5, 5.41) is 7.31. The summed E-state index contributed by atoms with van der Waals surface area (Å²) in [4.78, 5) is 4.43. The van der Waals surface area contributed by atoms with Crippen LogP contribution in [-0.2, 0) is 0 Å². The van der Waals surface area contributed by atoms with Gasteiger partial charge in [0.2, 0.25) is 0 Å². The minimum atomic E-state index is 0.745. The molecule has 4 heteroatoms. The summed E-state index contributed by atoms with van der Waals surface area (Å²) in [7, 11) is 0. The van der Waals surface area contributed by atoms with Gasteiger partial charge in [0.25, 0.3) is 0 Å². The fourth-order valence-electron chi connectivity index (χ4n) is 2.05. The second-order valence-electron chi connectivity index (χ2n) is 4.15. The van der Waals surface area contributed by atoms with Crippen LogP contribution in [-0.4, -0.2) is 29.6 Å². The van der Waals surface area contributed by atoms with Crippen LogP contribution >= 0.6 is 11.6 Å². The topological polar surface area (TPSA) is 28.0 Å². The number of benzene rings is 1. The predicted molar refractivity (Wildman–Crippen MR) is 70.8 cm³/mol. The molecule has 86 valence electrons. The second kappa shape index (κ2) is 4.00. The van der Waals surface area contributed by atoms with Crippen LogP contribution in [0.2, 0.25) is 5.02 Å². The van der Waals surface area contributed by atoms with Crippen LogP contribution in [0.5, 0.6) is 0 Å². The fraction of sp³-hybridized carbons (Fsp3) is 0.231. The van der Waals surface area contributed by atoms with Gasteiger partial charge in [-0.3, -0.25) is 4.99 Å². The van der Waals surface area contributed by atoms with E-state index in [-0.39, 0.29) is 0 Å². The lowest BCUT2D eigenvalue weighted by molar-refractivity contribution is 0.487. The van der Waals surface area contributed by atoms with Crippen LogP contribution in [0.3, 0.4) is 0 Å². The highest BCUT2D eigenvalue weighted by atomic mass is 35.5. The summed E-state index contributed by atoms with van der Waals surface area (Å²) >= 11 is 5.88. The molecule has 0 unspecified atom stereocenters. The second-order valence-corrected chi connectivity index (χ2v) is 4.58. The molecule has 1 aromatic carbocycles. The van der Waals surface area contributed by atoms with Crippen LogP contribution < -0.4 is 0 Å². The van der Waals surface area contributed by atoms with Gasteiger partial charge in [-0.2, -0.15) is 5.10 Å². The highest BCUT2D eigenvalue weighted by Gasteiger charge is 2.22. The number of hydrogen-bond acceptors (Lipinski definition) is 3. The first-order valence-electron chi connectivity index (χ1n) is 5.59. The fourth-order valence-corrected chi connectivity index (χ4v) is 2.18. The lowest BCUT2D eigenvalue weighted by Crippen LogP contribution is -2.28. The molecule has 0 fully saturated rings. The molecular weight excluding hydrogens is 234 g/mol. The van der Waals surface area contributed by atoms with Crippen LogP contribution in [0.25, 0.3) is 0 Å². The first-order valence-corrected chi connectivity index (χ1v) is 5.97. The number of hydrazone groups is 1. The van der Waals surface area contributed by atoms with Crippen molar-refractivity contribution >= 4 is 23.1 Å². The maximum absolute atomic E-state index is 5.88. The smallest absolute Gasteiger partial charge is 0.147 e. The van der Waals surface area contributed by atoms with Crippen LogP contribution in [0, 0.1) is 0 Å². The molecular formula is C13H12ClN3. The zero-order chi connectivity index (χ0) is 11.8. The predicted octanol–water partition coefficient (Wildman–Crippen LogP) is 2.72. The highest BCUT2D eigenvalue weighted by molar-refractivity contribution is 6.30. The molecule has 0 bridgehead atoms. The molecule has 0 N–H and O–H groups in total. The Morgan fingerprint density at radius 2 is 2.00 bits per heavy atom. The maximum atomic E-state index is 5.88. The average Bonchev–Trinajstić information content (AvgIpc) is 2.78. The molecule has 3 nitrogen and oxygen atoms in total. The van der Waals surface area contributed by atoms with Gasteiger partial charge in [0.1, 0.15) is 5.84 Å². The molecule has 0 atom stereocenters. The summed E-state index contributed by atoms with van der Waals surface area (Å²) in [6.07, 6.45) is 2.07. The van der Waals surface area contributed by atoms with Crippen LogP contribution in [0.15, 0.2) is 46.0 Å². The van der Waals surface area contributed by atoms with E-state index in [0.717, 1.165) is 35.2 Å². The van der Waals surface area contributed by atoms with E-state index in [1.165, 1.54) is 5.57 Å². The van der Waals surface area contributed by atoms with Gasteiger partial charge in [-0.15, -0.1) is 0 Å². The number of rotatable bonds is 1. The van der Waals surface area contributed by atoms with Gasteiger partial charge >= 0.3 is 0 Å². The Morgan fingerprint density at radius 1 is 1.24 bits per heavy atom. The van der Waals surface area contributed by atoms with E-state index in [4.69, 9.17) is 11.6 Å². The Balaban J connectivity index is 2.00. The minimum absolute atomic E-state index is 0.745. The molecule has 0 radical (unpaired) electrons. The molecule has 3 rings (SSSR count). The first-order chi connectivity index (χ1) is 8.24. The van der Waals surface area contributed by atoms with Gasteiger partial charge in [-0.1, -0.05) is 23.7 Å². The molecule has 2 aliphatic heterocycles. The summed E-state index contributed by atoms with van der Waals surface area (Å²) in [5.41, 5.74) is 3.22. The number of aliphatic imine (C=N–C) groups is 1. The van der Waals surface area contributed by atoms with Crippen molar-refractivity contribution in [1.82, 2.24) is 5.01 Å². The van der Waals surface area contributed by atoms with Crippen LogP contribution in [0.1, 0.15) is 12.5 Å². The Kier molecular flexibility index (Phi) is 2.48. The van der Waals surface area contributed by atoms with E-state index < -0.39 is 0 Å². The Labute approximate surface area is 105 Å². The van der Waals surface area contributed by atoms with Crippen molar-refractivity contribution in [3.8, 4) is 0 Å². The molecule has 1 aromatic rings. The Bertz CT molecular complexity index is 540. The Morgan fingerprint density at radius 3 is 2.76 bits per heavy atom. The van der Waals surface area contributed by atoms with E-state index in [1.807, 2.05) is 29.3 Å². The van der Waals surface area contributed by atoms with Gasteiger partial charge in [0.05, 0.1) is 18.8 Å². The molecule has 2 aliphatic rings. The summed E-state index contributed by atoms with van der Waals surface area (Å²) < 4.78 is 0. The van der Waals surface area contributed by atoms with Gasteiger partial charge in [0.15, 0.2) is 0 Å². The summed E-state index contributed by atoms with van der Waals surface area (Å²) in [6.45, 7) is 3.78. The van der Waals surface area contributed by atoms with Crippen molar-refractivity contribution in [2.75, 3.05) is 13.1 Å². The van der Waals surface area contributed by atoms with Gasteiger partial charge < -0.3 is 0 Å². The van der Waals surface area contributed by atoms with Gasteiger partial charge in [-0.25, -0.2) is 5.01 Å². The summed E-state index contributed by atoms with van der Waals surface area (Å²) in [5.74, 6) is 1.00. The molecule has 0 spiro atoms. The van der Waals surface area contributed by atoms with Crippen LogP contribution in [0.4, 0.5) is 0 Å². The SMILES string of the molecule is CC1=CC(c2ccc(Cl)cc2)=NN2CCN=C12. The lowest BCUT2D eigenvalue weighted by Gasteiger charge is -2.21. The van der Waals surface area contributed by atoms with E-state index in [0.29, 0.717) is 0 Å². The third-order valence-electron chi connectivity index (χ3n) is 2.89. The number of hydrogen-bond donors (Lipinski definition) is 0. The summed E-state index contributed by atoms with van der Waals surface area (Å²) in [6, 6.07) is 7.75. The average molecular weight is 246 g/mol. The number of amidine groups is 1. The van der Waals surface area contributed by atoms with Crippen molar-refractivity contribution in [1.29, 1.82) is 0 Å². The van der Waals surface area contributed by atoms with E-state index in [1.54, 1.807) is 0 Å². The molecule has 0 saturated heterocycles. The number of allylic oxidation sites excluding steroid dienone is 1. The minimum Gasteiger partial charge on any atom is -0.265 e. The molecule has 0 aliphatic carbocycles. The van der Waals surface area contributed by atoms with Crippen molar-refractivity contribution in [2.45, 2.75) is 6.92 Å².